The molecule has 1 amide bonds. The Morgan fingerprint density at radius 3 is 2.86 bits per heavy atom. The maximum Gasteiger partial charge on any atom is 0.410 e. The Labute approximate surface area is 130 Å². The van der Waals surface area contributed by atoms with Gasteiger partial charge in [-0.05, 0) is 20.8 Å². The molecule has 0 saturated heterocycles. The summed E-state index contributed by atoms with van der Waals surface area (Å²) in [5.74, 6) is 0. The van der Waals surface area contributed by atoms with Crippen LogP contribution in [0.2, 0.25) is 0 Å². The lowest BCUT2D eigenvalue weighted by atomic mass is 10.1. The monoisotopic (exact) mass is 306 g/mol. The van der Waals surface area contributed by atoms with E-state index in [4.69, 9.17) is 9.57 Å². The minimum Gasteiger partial charge on any atom is -0.444 e. The van der Waals surface area contributed by atoms with Crippen LogP contribution in [0.1, 0.15) is 32.0 Å². The molecule has 7 nitrogen and oxygen atoms in total. The van der Waals surface area contributed by atoms with Gasteiger partial charge >= 0.3 is 6.09 Å². The van der Waals surface area contributed by atoms with E-state index in [0.29, 0.717) is 25.4 Å². The highest BCUT2D eigenvalue weighted by molar-refractivity contribution is 6.04. The van der Waals surface area contributed by atoms with Crippen molar-refractivity contribution in [1.29, 1.82) is 0 Å². The molecule has 0 atom stereocenters. The van der Waals surface area contributed by atoms with Crippen molar-refractivity contribution >= 4 is 11.8 Å². The van der Waals surface area contributed by atoms with Gasteiger partial charge in [-0.15, -0.1) is 0 Å². The number of oxime groups is 1. The van der Waals surface area contributed by atoms with Gasteiger partial charge in [0.05, 0.1) is 25.0 Å². The van der Waals surface area contributed by atoms with Gasteiger partial charge in [0.15, 0.2) is 0 Å². The second-order valence-corrected chi connectivity index (χ2v) is 6.09. The summed E-state index contributed by atoms with van der Waals surface area (Å²) in [5.41, 5.74) is 1.91. The van der Waals surface area contributed by atoms with Crippen LogP contribution in [0.4, 0.5) is 4.79 Å². The zero-order chi connectivity index (χ0) is 16.3. The summed E-state index contributed by atoms with van der Waals surface area (Å²) in [6, 6.07) is 0. The van der Waals surface area contributed by atoms with Crippen molar-refractivity contribution in [1.82, 2.24) is 14.7 Å². The van der Waals surface area contributed by atoms with E-state index in [9.17, 15) is 4.79 Å². The van der Waals surface area contributed by atoms with Crippen molar-refractivity contribution in [3.05, 3.63) is 30.1 Å². The van der Waals surface area contributed by atoms with Gasteiger partial charge in [0.1, 0.15) is 17.9 Å². The predicted octanol–water partition coefficient (Wildman–Crippen LogP) is 2.08. The van der Waals surface area contributed by atoms with Crippen LogP contribution in [-0.2, 0) is 23.2 Å². The zero-order valence-electron chi connectivity index (χ0n) is 13.5. The van der Waals surface area contributed by atoms with Gasteiger partial charge in [-0.2, -0.15) is 5.10 Å². The third-order valence-electron chi connectivity index (χ3n) is 3.07. The molecular formula is C15H22N4O3. The second kappa shape index (κ2) is 6.21. The first kappa shape index (κ1) is 16.1. The molecule has 1 aliphatic heterocycles. The van der Waals surface area contributed by atoms with Crippen molar-refractivity contribution in [2.45, 2.75) is 32.9 Å². The highest BCUT2D eigenvalue weighted by atomic mass is 16.6. The third kappa shape index (κ3) is 3.66. The Balaban J connectivity index is 2.23. The number of ether oxygens (including phenoxy) is 1. The van der Waals surface area contributed by atoms with Gasteiger partial charge in [0.2, 0.25) is 0 Å². The number of nitrogens with zero attached hydrogens (tertiary/aromatic N) is 4. The van der Waals surface area contributed by atoms with E-state index < -0.39 is 5.60 Å². The van der Waals surface area contributed by atoms with E-state index >= 15 is 0 Å². The molecule has 0 fully saturated rings. The number of hydrogen-bond donors (Lipinski definition) is 0. The van der Waals surface area contributed by atoms with Crippen LogP contribution in [-0.4, -0.2) is 45.2 Å². The summed E-state index contributed by atoms with van der Waals surface area (Å²) < 4.78 is 7.16. The first-order valence-corrected chi connectivity index (χ1v) is 7.10. The Morgan fingerprint density at radius 2 is 2.23 bits per heavy atom. The number of fused-ring (bicyclic) bond motifs is 1. The fourth-order valence-corrected chi connectivity index (χ4v) is 2.10. The second-order valence-electron chi connectivity index (χ2n) is 6.09. The molecule has 22 heavy (non-hydrogen) atoms. The minimum absolute atomic E-state index is 0.311. The highest BCUT2D eigenvalue weighted by Gasteiger charge is 2.31. The van der Waals surface area contributed by atoms with E-state index in [1.807, 2.05) is 27.8 Å². The van der Waals surface area contributed by atoms with E-state index in [-0.39, 0.29) is 6.09 Å². The molecule has 1 aromatic rings. The highest BCUT2D eigenvalue weighted by Crippen LogP contribution is 2.21. The van der Waals surface area contributed by atoms with Crippen molar-refractivity contribution in [2.75, 3.05) is 13.2 Å². The molecule has 0 N–H and O–H groups in total. The quantitative estimate of drug-likeness (QED) is 0.487. The van der Waals surface area contributed by atoms with Crippen LogP contribution < -0.4 is 0 Å². The Hall–Kier alpha value is -2.31. The summed E-state index contributed by atoms with van der Waals surface area (Å²) in [6.07, 6.45) is 2.97. The smallest absolute Gasteiger partial charge is 0.410 e. The number of amides is 1. The summed E-state index contributed by atoms with van der Waals surface area (Å²) in [5, 5.41) is 8.33. The predicted molar refractivity (Wildman–Crippen MR) is 82.5 cm³/mol. The number of carbonyl (C=O) groups is 1. The van der Waals surface area contributed by atoms with Crippen LogP contribution in [0, 0.1) is 0 Å². The normalized spacial score (nSPS) is 16.4. The molecular weight excluding hydrogens is 284 g/mol. The van der Waals surface area contributed by atoms with E-state index in [1.165, 1.54) is 0 Å². The lowest BCUT2D eigenvalue weighted by Crippen LogP contribution is -2.43. The maximum atomic E-state index is 12.3. The van der Waals surface area contributed by atoms with Crippen molar-refractivity contribution < 1.29 is 14.4 Å². The van der Waals surface area contributed by atoms with Gasteiger partial charge in [-0.1, -0.05) is 17.8 Å². The largest absolute Gasteiger partial charge is 0.444 e. The lowest BCUT2D eigenvalue weighted by molar-refractivity contribution is 0.0253. The Morgan fingerprint density at radius 1 is 1.50 bits per heavy atom. The number of carbonyl (C=O) groups excluding carboxylic acids is 1. The molecule has 0 bridgehead atoms. The number of aromatic nitrogens is 2. The molecule has 0 radical (unpaired) electrons. The van der Waals surface area contributed by atoms with Gasteiger partial charge in [0.25, 0.3) is 0 Å². The molecule has 120 valence electrons. The topological polar surface area (TPSA) is 68.9 Å². The van der Waals surface area contributed by atoms with Gasteiger partial charge < -0.3 is 9.57 Å². The van der Waals surface area contributed by atoms with E-state index in [1.54, 1.807) is 21.9 Å². The molecule has 2 rings (SSSR count). The first-order chi connectivity index (χ1) is 10.3. The summed E-state index contributed by atoms with van der Waals surface area (Å²) >= 11 is 0. The van der Waals surface area contributed by atoms with Gasteiger partial charge in [-0.25, -0.2) is 4.79 Å². The van der Waals surface area contributed by atoms with Crippen molar-refractivity contribution in [3.63, 3.8) is 0 Å². The summed E-state index contributed by atoms with van der Waals surface area (Å²) in [4.78, 5) is 19.1. The Kier molecular flexibility index (Phi) is 4.54. The Bertz CT molecular complexity index is 598. The van der Waals surface area contributed by atoms with Crippen LogP contribution in [0.5, 0.6) is 0 Å². The number of hydrogen-bond acceptors (Lipinski definition) is 5. The average molecular weight is 306 g/mol. The standard InChI is InChI=1S/C15H22N4O3/c1-6-7-21-17-12-9-19(14(20)22-15(2,3)4)10-13-11(12)8-16-18(13)5/h6,8H,1,7,9-10H2,2-5H3. The van der Waals surface area contributed by atoms with Crippen LogP contribution in [0.3, 0.4) is 0 Å². The molecule has 0 aromatic carbocycles. The van der Waals surface area contributed by atoms with E-state index in [2.05, 4.69) is 16.8 Å². The van der Waals surface area contributed by atoms with Crippen molar-refractivity contribution in [2.24, 2.45) is 12.2 Å². The summed E-state index contributed by atoms with van der Waals surface area (Å²) in [6.45, 7) is 10.2. The first-order valence-electron chi connectivity index (χ1n) is 7.10. The molecule has 2 heterocycles. The number of rotatable bonds is 3. The number of aryl methyl sites for hydroxylation is 1. The fraction of sp³-hybridized carbons (Fsp3) is 0.533. The maximum absolute atomic E-state index is 12.3. The van der Waals surface area contributed by atoms with Crippen LogP contribution in [0.15, 0.2) is 24.0 Å². The van der Waals surface area contributed by atoms with E-state index in [0.717, 1.165) is 11.3 Å². The fourth-order valence-electron chi connectivity index (χ4n) is 2.10. The van der Waals surface area contributed by atoms with Crippen LogP contribution in [0.25, 0.3) is 0 Å². The molecule has 0 saturated carbocycles. The lowest BCUT2D eigenvalue weighted by Gasteiger charge is -2.30. The minimum atomic E-state index is -0.541. The van der Waals surface area contributed by atoms with Crippen LogP contribution >= 0.6 is 0 Å². The van der Waals surface area contributed by atoms with Crippen molar-refractivity contribution in [3.8, 4) is 0 Å². The SMILES string of the molecule is C=CCON=C1CN(C(=O)OC(C)(C)C)Cc2c1cnn2C. The molecule has 0 spiro atoms. The third-order valence-corrected chi connectivity index (χ3v) is 3.07. The molecule has 0 unspecified atom stereocenters. The molecule has 1 aromatic heterocycles. The average Bonchev–Trinajstić information content (AvgIpc) is 2.79. The zero-order valence-corrected chi connectivity index (χ0v) is 13.5. The van der Waals surface area contributed by atoms with Gasteiger partial charge in [0, 0.05) is 12.6 Å². The van der Waals surface area contributed by atoms with Gasteiger partial charge in [-0.3, -0.25) is 9.58 Å². The molecule has 7 heteroatoms. The molecule has 0 aliphatic carbocycles. The summed E-state index contributed by atoms with van der Waals surface area (Å²) in [7, 11) is 1.83. The molecule has 1 aliphatic rings.